The van der Waals surface area contributed by atoms with E-state index < -0.39 is 6.04 Å². The molecule has 0 bridgehead atoms. The molecule has 1 aliphatic carbocycles. The van der Waals surface area contributed by atoms with Crippen LogP contribution in [0, 0.1) is 11.3 Å². The van der Waals surface area contributed by atoms with E-state index in [1.165, 1.54) is 18.4 Å². The highest BCUT2D eigenvalue weighted by Crippen LogP contribution is 2.52. The maximum atomic E-state index is 11.4. The van der Waals surface area contributed by atoms with E-state index in [0.29, 0.717) is 5.56 Å². The second-order valence-corrected chi connectivity index (χ2v) is 4.88. The number of carbonyl (C=O) groups excluding carboxylic acids is 1. The summed E-state index contributed by atoms with van der Waals surface area (Å²) in [5.74, 6) is -0.385. The van der Waals surface area contributed by atoms with Gasteiger partial charge in [0, 0.05) is 15.7 Å². The maximum absolute atomic E-state index is 11.4. The fourth-order valence-electron chi connectivity index (χ4n) is 1.85. The van der Waals surface area contributed by atoms with Gasteiger partial charge in [-0.15, -0.1) is 11.3 Å². The van der Waals surface area contributed by atoms with Crippen molar-refractivity contribution in [3.05, 3.63) is 21.9 Å². The highest BCUT2D eigenvalue weighted by molar-refractivity contribution is 7.10. The lowest BCUT2D eigenvalue weighted by Crippen LogP contribution is -2.42. The molecule has 1 aliphatic rings. The molecule has 5 heteroatoms. The number of rotatable bonds is 3. The number of nitrogens with zero attached hydrogens (tertiary/aromatic N) is 1. The van der Waals surface area contributed by atoms with Gasteiger partial charge in [0.05, 0.1) is 12.7 Å². The average Bonchev–Trinajstić information content (AvgIpc) is 2.98. The van der Waals surface area contributed by atoms with Crippen molar-refractivity contribution < 1.29 is 9.53 Å². The van der Waals surface area contributed by atoms with Crippen molar-refractivity contribution in [2.75, 3.05) is 7.11 Å². The van der Waals surface area contributed by atoms with Crippen LogP contribution in [0.5, 0.6) is 0 Å². The van der Waals surface area contributed by atoms with Gasteiger partial charge in [0.1, 0.15) is 12.1 Å². The molecule has 1 saturated carbocycles. The van der Waals surface area contributed by atoms with E-state index in [0.717, 1.165) is 17.7 Å². The van der Waals surface area contributed by atoms with E-state index in [-0.39, 0.29) is 11.4 Å². The van der Waals surface area contributed by atoms with Crippen molar-refractivity contribution in [1.82, 2.24) is 0 Å². The Bertz CT molecular complexity index is 457. The molecular formula is C11H12N2O2S. The molecule has 0 aliphatic heterocycles. The van der Waals surface area contributed by atoms with Crippen molar-refractivity contribution in [2.24, 2.45) is 5.73 Å². The highest BCUT2D eigenvalue weighted by atomic mass is 32.1. The summed E-state index contributed by atoms with van der Waals surface area (Å²) in [6.07, 6.45) is 1.77. The Kier molecular flexibility index (Phi) is 2.70. The topological polar surface area (TPSA) is 76.1 Å². The summed E-state index contributed by atoms with van der Waals surface area (Å²) in [7, 11) is 1.34. The minimum Gasteiger partial charge on any atom is -0.468 e. The van der Waals surface area contributed by atoms with Crippen molar-refractivity contribution in [2.45, 2.75) is 24.3 Å². The van der Waals surface area contributed by atoms with Gasteiger partial charge in [-0.3, -0.25) is 4.79 Å². The van der Waals surface area contributed by atoms with E-state index in [1.54, 1.807) is 5.38 Å². The third kappa shape index (κ3) is 1.60. The molecule has 2 rings (SSSR count). The van der Waals surface area contributed by atoms with Crippen molar-refractivity contribution in [1.29, 1.82) is 5.26 Å². The van der Waals surface area contributed by atoms with Gasteiger partial charge in [-0.05, 0) is 18.9 Å². The molecule has 16 heavy (non-hydrogen) atoms. The smallest absolute Gasteiger partial charge is 0.323 e. The molecule has 1 fully saturated rings. The van der Waals surface area contributed by atoms with Crippen LogP contribution in [0.15, 0.2) is 11.4 Å². The van der Waals surface area contributed by atoms with Gasteiger partial charge in [0.25, 0.3) is 0 Å². The fraction of sp³-hybridized carbons (Fsp3) is 0.455. The van der Waals surface area contributed by atoms with Gasteiger partial charge < -0.3 is 10.5 Å². The zero-order valence-electron chi connectivity index (χ0n) is 8.90. The number of hydrogen-bond donors (Lipinski definition) is 1. The normalized spacial score (nSPS) is 18.6. The van der Waals surface area contributed by atoms with Crippen LogP contribution in [-0.4, -0.2) is 19.1 Å². The Morgan fingerprint density at radius 3 is 2.88 bits per heavy atom. The van der Waals surface area contributed by atoms with E-state index in [4.69, 9.17) is 11.0 Å². The third-order valence-corrected chi connectivity index (χ3v) is 4.21. The molecule has 1 aromatic heterocycles. The molecule has 1 unspecified atom stereocenters. The number of carbonyl (C=O) groups is 1. The van der Waals surface area contributed by atoms with Crippen molar-refractivity contribution >= 4 is 17.3 Å². The second-order valence-electron chi connectivity index (χ2n) is 3.97. The Morgan fingerprint density at radius 2 is 2.44 bits per heavy atom. The monoisotopic (exact) mass is 236 g/mol. The van der Waals surface area contributed by atoms with E-state index in [9.17, 15) is 4.79 Å². The zero-order chi connectivity index (χ0) is 11.8. The molecule has 2 N–H and O–H groups in total. The summed E-state index contributed by atoms with van der Waals surface area (Å²) in [6.45, 7) is 0. The first kappa shape index (κ1) is 11.1. The van der Waals surface area contributed by atoms with E-state index in [2.05, 4.69) is 10.8 Å². The Labute approximate surface area is 97.6 Å². The molecule has 1 heterocycles. The lowest BCUT2D eigenvalue weighted by Gasteiger charge is -2.19. The van der Waals surface area contributed by atoms with Gasteiger partial charge in [-0.25, -0.2) is 0 Å². The Balaban J connectivity index is 2.26. The SMILES string of the molecule is COC(=O)C(N)C1(c2cc(C#N)cs2)CC1. The summed E-state index contributed by atoms with van der Waals surface area (Å²) in [6, 6.07) is 3.28. The Hall–Kier alpha value is -1.38. The molecule has 0 aromatic carbocycles. The molecule has 1 atom stereocenters. The van der Waals surface area contributed by atoms with E-state index in [1.807, 2.05) is 6.07 Å². The van der Waals surface area contributed by atoms with Crippen molar-refractivity contribution in [3.63, 3.8) is 0 Å². The summed E-state index contributed by atoms with van der Waals surface area (Å²) >= 11 is 1.49. The summed E-state index contributed by atoms with van der Waals surface area (Å²) in [4.78, 5) is 12.5. The number of methoxy groups -OCH3 is 1. The molecular weight excluding hydrogens is 224 g/mol. The number of hydrogen-bond acceptors (Lipinski definition) is 5. The zero-order valence-corrected chi connectivity index (χ0v) is 9.71. The van der Waals surface area contributed by atoms with Crippen LogP contribution in [0.1, 0.15) is 23.3 Å². The van der Waals surface area contributed by atoms with Crippen LogP contribution in [0.4, 0.5) is 0 Å². The van der Waals surface area contributed by atoms with Crippen LogP contribution in [0.25, 0.3) is 0 Å². The highest BCUT2D eigenvalue weighted by Gasteiger charge is 2.53. The molecule has 0 spiro atoms. The average molecular weight is 236 g/mol. The van der Waals surface area contributed by atoms with Gasteiger partial charge in [-0.2, -0.15) is 5.26 Å². The minimum absolute atomic E-state index is 0.285. The predicted molar refractivity (Wildman–Crippen MR) is 59.9 cm³/mol. The van der Waals surface area contributed by atoms with Crippen LogP contribution >= 0.6 is 11.3 Å². The van der Waals surface area contributed by atoms with Gasteiger partial charge in [0.2, 0.25) is 0 Å². The molecule has 0 amide bonds. The van der Waals surface area contributed by atoms with Crippen LogP contribution < -0.4 is 5.73 Å². The van der Waals surface area contributed by atoms with Crippen LogP contribution in [0.3, 0.4) is 0 Å². The standard InChI is InChI=1S/C11H12N2O2S/c1-15-10(14)9(13)11(2-3-11)8-4-7(5-12)6-16-8/h4,6,9H,2-3,13H2,1H3. The van der Waals surface area contributed by atoms with Crippen LogP contribution in [-0.2, 0) is 14.9 Å². The minimum atomic E-state index is -0.623. The summed E-state index contributed by atoms with van der Waals surface area (Å²) in [5.41, 5.74) is 6.24. The van der Waals surface area contributed by atoms with Gasteiger partial charge in [-0.1, -0.05) is 0 Å². The number of nitrogens with two attached hydrogens (primary N) is 1. The van der Waals surface area contributed by atoms with Crippen LogP contribution in [0.2, 0.25) is 0 Å². The summed E-state index contributed by atoms with van der Waals surface area (Å²) < 4.78 is 4.67. The largest absolute Gasteiger partial charge is 0.468 e. The molecule has 0 saturated heterocycles. The first-order chi connectivity index (χ1) is 7.64. The van der Waals surface area contributed by atoms with Gasteiger partial charge in [0.15, 0.2) is 0 Å². The second kappa shape index (κ2) is 3.89. The summed E-state index contributed by atoms with van der Waals surface area (Å²) in [5, 5.41) is 10.6. The third-order valence-electron chi connectivity index (χ3n) is 3.06. The van der Waals surface area contributed by atoms with E-state index >= 15 is 0 Å². The molecule has 4 nitrogen and oxygen atoms in total. The fourth-order valence-corrected chi connectivity index (χ4v) is 2.99. The molecule has 84 valence electrons. The molecule has 1 aromatic rings. The first-order valence-electron chi connectivity index (χ1n) is 4.96. The Morgan fingerprint density at radius 1 is 1.75 bits per heavy atom. The number of esters is 1. The maximum Gasteiger partial charge on any atom is 0.323 e. The van der Waals surface area contributed by atoms with Gasteiger partial charge >= 0.3 is 5.97 Å². The first-order valence-corrected chi connectivity index (χ1v) is 5.84. The van der Waals surface area contributed by atoms with Crippen molar-refractivity contribution in [3.8, 4) is 6.07 Å². The lowest BCUT2D eigenvalue weighted by atomic mass is 9.95. The predicted octanol–water partition coefficient (Wildman–Crippen LogP) is 1.15. The lowest BCUT2D eigenvalue weighted by molar-refractivity contribution is -0.143. The molecule has 0 radical (unpaired) electrons. The quantitative estimate of drug-likeness (QED) is 0.799. The number of ether oxygens (including phenoxy) is 1. The number of nitriles is 1. The number of thiophene rings is 1.